The fourth-order valence-corrected chi connectivity index (χ4v) is 2.85. The lowest BCUT2D eigenvalue weighted by Crippen LogP contribution is -2.54. The molecule has 0 aliphatic carbocycles. The Labute approximate surface area is 109 Å². The van der Waals surface area contributed by atoms with E-state index in [0.717, 1.165) is 12.8 Å². The van der Waals surface area contributed by atoms with Crippen LogP contribution in [0.1, 0.15) is 26.2 Å². The van der Waals surface area contributed by atoms with Crippen LogP contribution in [0, 0.1) is 0 Å². The first-order valence-electron chi connectivity index (χ1n) is 6.35. The van der Waals surface area contributed by atoms with Crippen molar-refractivity contribution >= 4 is 15.9 Å². The first-order valence-corrected chi connectivity index (χ1v) is 8.20. The van der Waals surface area contributed by atoms with Gasteiger partial charge in [0.15, 0.2) is 0 Å². The van der Waals surface area contributed by atoms with E-state index in [0.29, 0.717) is 32.6 Å². The van der Waals surface area contributed by atoms with Gasteiger partial charge in [-0.15, -0.1) is 0 Å². The second-order valence-electron chi connectivity index (χ2n) is 4.74. The molecule has 0 saturated carbocycles. The molecule has 7 heteroatoms. The van der Waals surface area contributed by atoms with Crippen LogP contribution in [-0.4, -0.2) is 62.0 Å². The molecule has 1 heterocycles. The topological polar surface area (TPSA) is 83.7 Å². The number of unbranched alkanes of at least 4 members (excludes halogenated alkanes) is 1. The van der Waals surface area contributed by atoms with Crippen molar-refractivity contribution in [3.05, 3.63) is 0 Å². The lowest BCUT2D eigenvalue weighted by molar-refractivity contribution is -0.133. The highest BCUT2D eigenvalue weighted by atomic mass is 32.2. The first kappa shape index (κ1) is 15.4. The number of hydrogen-bond donors (Lipinski definition) is 1. The highest BCUT2D eigenvalue weighted by molar-refractivity contribution is 7.88. The molecular weight excluding hydrogens is 254 g/mol. The number of rotatable bonds is 5. The lowest BCUT2D eigenvalue weighted by Gasteiger charge is -2.34. The number of hydrogen-bond acceptors (Lipinski definition) is 4. The average Bonchev–Trinajstić information content (AvgIpc) is 2.34. The maximum atomic E-state index is 12.0. The van der Waals surface area contributed by atoms with Gasteiger partial charge in [-0.05, 0) is 6.42 Å². The molecule has 6 nitrogen and oxygen atoms in total. The molecule has 18 heavy (non-hydrogen) atoms. The molecule has 0 spiro atoms. The molecule has 1 saturated heterocycles. The predicted molar refractivity (Wildman–Crippen MR) is 70.5 cm³/mol. The number of nitrogens with zero attached hydrogens (tertiary/aromatic N) is 2. The molecule has 0 radical (unpaired) electrons. The van der Waals surface area contributed by atoms with E-state index in [-0.39, 0.29) is 5.91 Å². The van der Waals surface area contributed by atoms with Gasteiger partial charge in [-0.3, -0.25) is 4.79 Å². The number of nitrogens with two attached hydrogens (primary N) is 1. The quantitative estimate of drug-likeness (QED) is 0.741. The summed E-state index contributed by atoms with van der Waals surface area (Å²) in [7, 11) is -3.15. The molecule has 1 aliphatic rings. The van der Waals surface area contributed by atoms with Gasteiger partial charge in [-0.25, -0.2) is 8.42 Å². The number of amides is 1. The van der Waals surface area contributed by atoms with E-state index in [4.69, 9.17) is 5.73 Å². The van der Waals surface area contributed by atoms with Crippen molar-refractivity contribution in [1.82, 2.24) is 9.21 Å². The third kappa shape index (κ3) is 4.22. The van der Waals surface area contributed by atoms with E-state index < -0.39 is 16.1 Å². The third-order valence-electron chi connectivity index (χ3n) is 3.21. The second kappa shape index (κ2) is 6.49. The number of sulfonamides is 1. The van der Waals surface area contributed by atoms with Gasteiger partial charge in [0, 0.05) is 26.2 Å². The number of carbonyl (C=O) groups is 1. The number of piperazine rings is 1. The van der Waals surface area contributed by atoms with Crippen LogP contribution < -0.4 is 5.73 Å². The van der Waals surface area contributed by atoms with Gasteiger partial charge < -0.3 is 10.6 Å². The summed E-state index contributed by atoms with van der Waals surface area (Å²) in [5, 5.41) is 0. The zero-order valence-electron chi connectivity index (χ0n) is 11.1. The molecule has 0 aromatic carbocycles. The molecule has 0 aromatic heterocycles. The van der Waals surface area contributed by atoms with Crippen molar-refractivity contribution in [2.24, 2.45) is 5.73 Å². The third-order valence-corrected chi connectivity index (χ3v) is 4.51. The van der Waals surface area contributed by atoms with Crippen LogP contribution in [0.5, 0.6) is 0 Å². The molecule has 1 amide bonds. The minimum atomic E-state index is -3.15. The SMILES string of the molecule is CCCCC(N)C(=O)N1CCN(S(C)(=O)=O)CC1. The average molecular weight is 277 g/mol. The predicted octanol–water partition coefficient (Wildman–Crippen LogP) is -0.392. The van der Waals surface area contributed by atoms with Crippen molar-refractivity contribution in [1.29, 1.82) is 0 Å². The zero-order chi connectivity index (χ0) is 13.8. The Morgan fingerprint density at radius 1 is 1.28 bits per heavy atom. The molecule has 106 valence electrons. The molecule has 1 unspecified atom stereocenters. The van der Waals surface area contributed by atoms with Gasteiger partial charge in [0.05, 0.1) is 12.3 Å². The second-order valence-corrected chi connectivity index (χ2v) is 6.72. The smallest absolute Gasteiger partial charge is 0.239 e. The molecule has 1 rings (SSSR count). The van der Waals surface area contributed by atoms with Crippen molar-refractivity contribution < 1.29 is 13.2 Å². The van der Waals surface area contributed by atoms with E-state index in [1.807, 2.05) is 0 Å². The highest BCUT2D eigenvalue weighted by Crippen LogP contribution is 2.09. The van der Waals surface area contributed by atoms with Gasteiger partial charge in [0.2, 0.25) is 15.9 Å². The van der Waals surface area contributed by atoms with Crippen LogP contribution in [-0.2, 0) is 14.8 Å². The van der Waals surface area contributed by atoms with E-state index in [9.17, 15) is 13.2 Å². The van der Waals surface area contributed by atoms with Crippen LogP contribution in [0.2, 0.25) is 0 Å². The van der Waals surface area contributed by atoms with Crippen LogP contribution in [0.15, 0.2) is 0 Å². The van der Waals surface area contributed by atoms with Crippen LogP contribution in [0.4, 0.5) is 0 Å². The Morgan fingerprint density at radius 2 is 1.83 bits per heavy atom. The van der Waals surface area contributed by atoms with E-state index in [1.165, 1.54) is 10.6 Å². The molecular formula is C11H23N3O3S. The summed E-state index contributed by atoms with van der Waals surface area (Å²) in [6, 6.07) is -0.449. The maximum Gasteiger partial charge on any atom is 0.239 e. The maximum absolute atomic E-state index is 12.0. The van der Waals surface area contributed by atoms with Gasteiger partial charge in [0.25, 0.3) is 0 Å². The summed E-state index contributed by atoms with van der Waals surface area (Å²) in [6.07, 6.45) is 3.85. The van der Waals surface area contributed by atoms with Crippen LogP contribution >= 0.6 is 0 Å². The van der Waals surface area contributed by atoms with Gasteiger partial charge in [0.1, 0.15) is 0 Å². The van der Waals surface area contributed by atoms with E-state index in [1.54, 1.807) is 4.90 Å². The van der Waals surface area contributed by atoms with Gasteiger partial charge >= 0.3 is 0 Å². The molecule has 0 aromatic rings. The van der Waals surface area contributed by atoms with Crippen molar-refractivity contribution in [3.8, 4) is 0 Å². The van der Waals surface area contributed by atoms with E-state index >= 15 is 0 Å². The van der Waals surface area contributed by atoms with Gasteiger partial charge in [-0.2, -0.15) is 4.31 Å². The first-order chi connectivity index (χ1) is 8.36. The summed E-state index contributed by atoms with van der Waals surface area (Å²) in [5.41, 5.74) is 5.83. The molecule has 1 fully saturated rings. The molecule has 1 aliphatic heterocycles. The Balaban J connectivity index is 2.45. The fraction of sp³-hybridized carbons (Fsp3) is 0.909. The van der Waals surface area contributed by atoms with Gasteiger partial charge in [-0.1, -0.05) is 19.8 Å². The van der Waals surface area contributed by atoms with Crippen molar-refractivity contribution in [3.63, 3.8) is 0 Å². The Kier molecular flexibility index (Phi) is 5.55. The van der Waals surface area contributed by atoms with Crippen molar-refractivity contribution in [2.45, 2.75) is 32.2 Å². The highest BCUT2D eigenvalue weighted by Gasteiger charge is 2.28. The Bertz CT molecular complexity index is 375. The summed E-state index contributed by atoms with van der Waals surface area (Å²) in [4.78, 5) is 13.7. The standard InChI is InChI=1S/C11H23N3O3S/c1-3-4-5-10(12)11(15)13-6-8-14(9-7-13)18(2,16)17/h10H,3-9,12H2,1-2H3. The van der Waals surface area contributed by atoms with Crippen LogP contribution in [0.3, 0.4) is 0 Å². The Hall–Kier alpha value is -0.660. The minimum Gasteiger partial charge on any atom is -0.339 e. The fourth-order valence-electron chi connectivity index (χ4n) is 2.02. The summed E-state index contributed by atoms with van der Waals surface area (Å²) >= 11 is 0. The monoisotopic (exact) mass is 277 g/mol. The zero-order valence-corrected chi connectivity index (χ0v) is 11.9. The molecule has 0 bridgehead atoms. The summed E-state index contributed by atoms with van der Waals surface area (Å²) < 4.78 is 24.1. The summed E-state index contributed by atoms with van der Waals surface area (Å²) in [6.45, 7) is 3.66. The number of carbonyl (C=O) groups excluding carboxylic acids is 1. The van der Waals surface area contributed by atoms with Crippen molar-refractivity contribution in [2.75, 3.05) is 32.4 Å². The normalized spacial score (nSPS) is 19.8. The summed E-state index contributed by atoms with van der Waals surface area (Å²) in [5.74, 6) is -0.0587. The molecule has 2 N–H and O–H groups in total. The van der Waals surface area contributed by atoms with E-state index in [2.05, 4.69) is 6.92 Å². The van der Waals surface area contributed by atoms with Crippen LogP contribution in [0.25, 0.3) is 0 Å². The largest absolute Gasteiger partial charge is 0.339 e. The Morgan fingerprint density at radius 3 is 2.28 bits per heavy atom. The minimum absolute atomic E-state index is 0.0587. The lowest BCUT2D eigenvalue weighted by atomic mass is 10.1. The molecule has 1 atom stereocenters.